The second kappa shape index (κ2) is 3.82. The third-order valence-electron chi connectivity index (χ3n) is 1.63. The molecule has 0 atom stereocenters. The van der Waals surface area contributed by atoms with Crippen LogP contribution in [0.5, 0.6) is 0 Å². The van der Waals surface area contributed by atoms with E-state index in [0.29, 0.717) is 5.82 Å². The Morgan fingerprint density at radius 2 is 2.29 bits per heavy atom. The lowest BCUT2D eigenvalue weighted by Crippen LogP contribution is -2.04. The minimum atomic E-state index is 0.654. The van der Waals surface area contributed by atoms with Crippen LogP contribution in [-0.2, 0) is 0 Å². The lowest BCUT2D eigenvalue weighted by molar-refractivity contribution is 0.836. The number of nitrogens with one attached hydrogen (secondary N) is 1. The first-order valence-electron chi connectivity index (χ1n) is 4.31. The topological polar surface area (TPSA) is 68.5 Å². The van der Waals surface area contributed by atoms with Crippen LogP contribution in [0.25, 0.3) is 5.82 Å². The van der Waals surface area contributed by atoms with Gasteiger partial charge in [-0.25, -0.2) is 14.6 Å². The standard InChI is InChI=1S/C8H10N6/c1-2-11-7-3-9-4-8(13-7)14-6-10-5-12-14/h3-6H,2H2,1H3,(H,11,13). The molecular formula is C8H10N6. The molecule has 1 N–H and O–H groups in total. The molecule has 0 aliphatic carbocycles. The summed E-state index contributed by atoms with van der Waals surface area (Å²) in [6.45, 7) is 2.82. The summed E-state index contributed by atoms with van der Waals surface area (Å²) in [5, 5.41) is 7.04. The summed E-state index contributed by atoms with van der Waals surface area (Å²) in [7, 11) is 0. The third-order valence-corrected chi connectivity index (χ3v) is 1.63. The molecule has 2 rings (SSSR count). The Hall–Kier alpha value is -1.98. The van der Waals surface area contributed by atoms with Crippen LogP contribution in [0.1, 0.15) is 6.92 Å². The van der Waals surface area contributed by atoms with Crippen molar-refractivity contribution < 1.29 is 0 Å². The lowest BCUT2D eigenvalue weighted by atomic mass is 10.6. The molecule has 2 aromatic heterocycles. The summed E-state index contributed by atoms with van der Waals surface area (Å²) in [4.78, 5) is 12.2. The Bertz CT molecular complexity index is 396. The van der Waals surface area contributed by atoms with Crippen LogP contribution in [0.4, 0.5) is 5.82 Å². The maximum atomic E-state index is 4.29. The average molecular weight is 190 g/mol. The molecular weight excluding hydrogens is 180 g/mol. The van der Waals surface area contributed by atoms with Crippen LogP contribution < -0.4 is 5.32 Å². The number of aromatic nitrogens is 5. The van der Waals surface area contributed by atoms with Gasteiger partial charge in [0.1, 0.15) is 18.5 Å². The molecule has 14 heavy (non-hydrogen) atoms. The Kier molecular flexibility index (Phi) is 2.35. The van der Waals surface area contributed by atoms with E-state index in [1.54, 1.807) is 23.4 Å². The van der Waals surface area contributed by atoms with Gasteiger partial charge in [0.25, 0.3) is 0 Å². The molecule has 0 aliphatic rings. The van der Waals surface area contributed by atoms with E-state index >= 15 is 0 Å². The summed E-state index contributed by atoms with van der Waals surface area (Å²) in [5.41, 5.74) is 0. The summed E-state index contributed by atoms with van der Waals surface area (Å²) < 4.78 is 1.56. The molecule has 2 aromatic rings. The fourth-order valence-corrected chi connectivity index (χ4v) is 1.06. The van der Waals surface area contributed by atoms with Crippen molar-refractivity contribution in [1.82, 2.24) is 24.7 Å². The molecule has 0 amide bonds. The summed E-state index contributed by atoms with van der Waals surface area (Å²) in [6, 6.07) is 0. The quantitative estimate of drug-likeness (QED) is 0.762. The van der Waals surface area contributed by atoms with Crippen molar-refractivity contribution in [3.05, 3.63) is 25.0 Å². The van der Waals surface area contributed by atoms with Crippen LogP contribution in [-0.4, -0.2) is 31.3 Å². The van der Waals surface area contributed by atoms with Gasteiger partial charge in [-0.2, -0.15) is 5.10 Å². The highest BCUT2D eigenvalue weighted by Crippen LogP contribution is 2.04. The van der Waals surface area contributed by atoms with Crippen LogP contribution in [0.3, 0.4) is 0 Å². The normalized spacial score (nSPS) is 10.1. The number of nitrogens with zero attached hydrogens (tertiary/aromatic N) is 5. The molecule has 0 saturated carbocycles. The number of hydrogen-bond donors (Lipinski definition) is 1. The molecule has 0 aliphatic heterocycles. The molecule has 0 unspecified atom stereocenters. The molecule has 0 radical (unpaired) electrons. The first-order valence-corrected chi connectivity index (χ1v) is 4.31. The van der Waals surface area contributed by atoms with Crippen molar-refractivity contribution in [2.24, 2.45) is 0 Å². The van der Waals surface area contributed by atoms with Gasteiger partial charge in [-0.3, -0.25) is 4.98 Å². The highest BCUT2D eigenvalue weighted by atomic mass is 15.3. The van der Waals surface area contributed by atoms with Gasteiger partial charge in [0.05, 0.1) is 12.4 Å². The van der Waals surface area contributed by atoms with Crippen LogP contribution in [0.15, 0.2) is 25.0 Å². The first kappa shape index (κ1) is 8.61. The van der Waals surface area contributed by atoms with Gasteiger partial charge < -0.3 is 5.32 Å². The number of anilines is 1. The van der Waals surface area contributed by atoms with Crippen molar-refractivity contribution in [3.8, 4) is 5.82 Å². The Labute approximate surface area is 81.0 Å². The summed E-state index contributed by atoms with van der Waals surface area (Å²) in [5.74, 6) is 1.39. The molecule has 2 heterocycles. The van der Waals surface area contributed by atoms with E-state index in [-0.39, 0.29) is 0 Å². The van der Waals surface area contributed by atoms with E-state index in [1.807, 2.05) is 6.92 Å². The molecule has 0 aromatic carbocycles. The van der Waals surface area contributed by atoms with Crippen molar-refractivity contribution in [3.63, 3.8) is 0 Å². The smallest absolute Gasteiger partial charge is 0.175 e. The second-order valence-corrected chi connectivity index (χ2v) is 2.63. The highest BCUT2D eigenvalue weighted by molar-refractivity contribution is 5.34. The fraction of sp³-hybridized carbons (Fsp3) is 0.250. The molecule has 0 bridgehead atoms. The average Bonchev–Trinajstić information content (AvgIpc) is 2.71. The predicted molar refractivity (Wildman–Crippen MR) is 51.1 cm³/mol. The summed E-state index contributed by atoms with van der Waals surface area (Å²) in [6.07, 6.45) is 6.35. The van der Waals surface area contributed by atoms with E-state index in [1.165, 1.54) is 6.33 Å². The van der Waals surface area contributed by atoms with Crippen molar-refractivity contribution in [1.29, 1.82) is 0 Å². The van der Waals surface area contributed by atoms with Crippen LogP contribution >= 0.6 is 0 Å². The van der Waals surface area contributed by atoms with E-state index in [4.69, 9.17) is 0 Å². The van der Waals surface area contributed by atoms with Gasteiger partial charge in [-0.15, -0.1) is 0 Å². The van der Waals surface area contributed by atoms with Gasteiger partial charge >= 0.3 is 0 Å². The zero-order valence-corrected chi connectivity index (χ0v) is 7.75. The number of rotatable bonds is 3. The zero-order valence-electron chi connectivity index (χ0n) is 7.75. The van der Waals surface area contributed by atoms with Gasteiger partial charge in [0.2, 0.25) is 0 Å². The molecule has 6 heteroatoms. The molecule has 0 spiro atoms. The fourth-order valence-electron chi connectivity index (χ4n) is 1.06. The Balaban J connectivity index is 2.31. The van der Waals surface area contributed by atoms with E-state index in [9.17, 15) is 0 Å². The van der Waals surface area contributed by atoms with Crippen LogP contribution in [0, 0.1) is 0 Å². The van der Waals surface area contributed by atoms with Gasteiger partial charge in [-0.1, -0.05) is 0 Å². The van der Waals surface area contributed by atoms with Gasteiger partial charge in [0.15, 0.2) is 5.82 Å². The van der Waals surface area contributed by atoms with E-state index in [0.717, 1.165) is 12.4 Å². The lowest BCUT2D eigenvalue weighted by Gasteiger charge is -2.03. The monoisotopic (exact) mass is 190 g/mol. The SMILES string of the molecule is CCNc1cncc(-n2cncn2)n1. The van der Waals surface area contributed by atoms with Crippen molar-refractivity contribution in [2.75, 3.05) is 11.9 Å². The zero-order chi connectivity index (χ0) is 9.80. The maximum absolute atomic E-state index is 4.29. The largest absolute Gasteiger partial charge is 0.369 e. The van der Waals surface area contributed by atoms with Crippen molar-refractivity contribution >= 4 is 5.82 Å². The van der Waals surface area contributed by atoms with E-state index < -0.39 is 0 Å². The number of hydrogen-bond acceptors (Lipinski definition) is 5. The van der Waals surface area contributed by atoms with E-state index in [2.05, 4.69) is 25.4 Å². The molecule has 6 nitrogen and oxygen atoms in total. The predicted octanol–water partition coefficient (Wildman–Crippen LogP) is 0.489. The minimum absolute atomic E-state index is 0.654. The highest BCUT2D eigenvalue weighted by Gasteiger charge is 1.99. The van der Waals surface area contributed by atoms with Gasteiger partial charge in [0, 0.05) is 6.54 Å². The first-order chi connectivity index (χ1) is 6.90. The molecule has 0 saturated heterocycles. The van der Waals surface area contributed by atoms with Crippen LogP contribution in [0.2, 0.25) is 0 Å². The third kappa shape index (κ3) is 1.68. The summed E-state index contributed by atoms with van der Waals surface area (Å²) >= 11 is 0. The molecule has 72 valence electrons. The Morgan fingerprint density at radius 1 is 1.36 bits per heavy atom. The maximum Gasteiger partial charge on any atom is 0.175 e. The molecule has 0 fully saturated rings. The Morgan fingerprint density at radius 3 is 3.00 bits per heavy atom. The minimum Gasteiger partial charge on any atom is -0.369 e. The van der Waals surface area contributed by atoms with Gasteiger partial charge in [-0.05, 0) is 6.92 Å². The van der Waals surface area contributed by atoms with Crippen molar-refractivity contribution in [2.45, 2.75) is 6.92 Å². The second-order valence-electron chi connectivity index (χ2n) is 2.63.